The van der Waals surface area contributed by atoms with Gasteiger partial charge in [0.15, 0.2) is 17.4 Å². The molecule has 4 heterocycles. The normalized spacial score (nSPS) is 24.5. The van der Waals surface area contributed by atoms with Crippen molar-refractivity contribution in [1.82, 2.24) is 19.5 Å². The Morgan fingerprint density at radius 2 is 2.05 bits per heavy atom. The average molecular weight is 663 g/mol. The minimum Gasteiger partial charge on any atom is -0.476 e. The van der Waals surface area contributed by atoms with Gasteiger partial charge >= 0.3 is 6.72 Å². The molecule has 2 saturated heterocycles. The Balaban J connectivity index is 1.22. The molecule has 6 rings (SSSR count). The summed E-state index contributed by atoms with van der Waals surface area (Å²) < 4.78 is 31.1. The van der Waals surface area contributed by atoms with Crippen molar-refractivity contribution in [2.24, 2.45) is 0 Å². The molecular weight excluding hydrogens is 639 g/mol. The van der Waals surface area contributed by atoms with Crippen molar-refractivity contribution in [1.29, 1.82) is 0 Å². The van der Waals surface area contributed by atoms with Crippen LogP contribution in [0.2, 0.25) is 5.02 Å². The maximum Gasteiger partial charge on any atom is 0.381 e. The lowest BCUT2D eigenvalue weighted by molar-refractivity contribution is -0.384. The Morgan fingerprint density at radius 3 is 2.77 bits per heavy atom. The van der Waals surface area contributed by atoms with E-state index in [0.717, 1.165) is 5.56 Å². The van der Waals surface area contributed by atoms with E-state index in [1.165, 1.54) is 30.0 Å². The highest BCUT2D eigenvalue weighted by Gasteiger charge is 2.52. The van der Waals surface area contributed by atoms with Gasteiger partial charge in [-0.3, -0.25) is 33.8 Å². The molecule has 5 atom stereocenters. The summed E-state index contributed by atoms with van der Waals surface area (Å²) >= 11 is 11.8. The Hall–Kier alpha value is -3.76. The number of aliphatic hydroxyl groups excluding tert-OH is 1. The van der Waals surface area contributed by atoms with E-state index in [2.05, 4.69) is 20.3 Å². The molecule has 2 aliphatic heterocycles. The predicted octanol–water partition coefficient (Wildman–Crippen LogP) is 3.95. The third-order valence-corrected chi connectivity index (χ3v) is 9.23. The van der Waals surface area contributed by atoms with Crippen molar-refractivity contribution < 1.29 is 37.9 Å². The molecule has 2 N–H and O–H groups in total. The van der Waals surface area contributed by atoms with Crippen molar-refractivity contribution in [3.8, 4) is 11.6 Å². The second kappa shape index (κ2) is 12.3. The number of hydrogen-bond acceptors (Lipinski definition) is 13. The van der Waals surface area contributed by atoms with Crippen LogP contribution in [0, 0.1) is 10.1 Å². The second-order valence-electron chi connectivity index (χ2n) is 9.77. The molecule has 1 amide bonds. The van der Waals surface area contributed by atoms with Crippen molar-refractivity contribution in [3.05, 3.63) is 75.6 Å². The van der Waals surface area contributed by atoms with Gasteiger partial charge in [-0.05, 0) is 17.7 Å². The van der Waals surface area contributed by atoms with Gasteiger partial charge in [0.25, 0.3) is 5.69 Å². The van der Waals surface area contributed by atoms with Crippen LogP contribution in [-0.4, -0.2) is 67.0 Å². The van der Waals surface area contributed by atoms with Crippen LogP contribution in [0.15, 0.2) is 54.9 Å². The molecule has 5 unspecified atom stereocenters. The first kappa shape index (κ1) is 30.3. The van der Waals surface area contributed by atoms with E-state index in [9.17, 15) is 20.0 Å². The number of imidazole rings is 1. The summed E-state index contributed by atoms with van der Waals surface area (Å²) in [4.78, 5) is 35.4. The van der Waals surface area contributed by atoms with Crippen LogP contribution in [-0.2, 0) is 36.8 Å². The van der Waals surface area contributed by atoms with Gasteiger partial charge in [0.05, 0.1) is 29.5 Å². The van der Waals surface area contributed by atoms with Gasteiger partial charge in [-0.15, -0.1) is 0 Å². The number of benzene rings is 2. The number of nitrogens with zero attached hydrogens (tertiary/aromatic N) is 5. The monoisotopic (exact) mass is 662 g/mol. The standard InChI is InChI=1S/C26H24ClN6O9PS/c1-14(34)29-26-30-23-20(24(31-26)38-11-10-15-6-8-16(9-7-15)33(36)37)28-13-32(23)25-21(35)22-19(40-25)12-39-43(44,42-22)41-18-5-3-2-4-17(18)27/h2-9,13,19,21-22,25,35H,10-12H2,1H3,(H,29,30,31,34). The molecule has 0 radical (unpaired) electrons. The number of para-hydroxylation sites is 1. The maximum absolute atomic E-state index is 11.8. The predicted molar refractivity (Wildman–Crippen MR) is 159 cm³/mol. The molecule has 2 aliphatic rings. The highest BCUT2D eigenvalue weighted by molar-refractivity contribution is 8.07. The molecule has 44 heavy (non-hydrogen) atoms. The molecule has 0 saturated carbocycles. The van der Waals surface area contributed by atoms with Crippen LogP contribution in [0.25, 0.3) is 11.2 Å². The lowest BCUT2D eigenvalue weighted by atomic mass is 10.1. The summed E-state index contributed by atoms with van der Waals surface area (Å²) in [6, 6.07) is 12.8. The van der Waals surface area contributed by atoms with Crippen molar-refractivity contribution >= 4 is 58.8 Å². The number of fused-ring (bicyclic) bond motifs is 2. The summed E-state index contributed by atoms with van der Waals surface area (Å²) in [7, 11) is 0. The molecular formula is C26H24ClN6O9PS. The van der Waals surface area contributed by atoms with Crippen LogP contribution < -0.4 is 14.6 Å². The number of ether oxygens (including phenoxy) is 2. The molecule has 230 valence electrons. The molecule has 2 aromatic heterocycles. The van der Waals surface area contributed by atoms with E-state index < -0.39 is 42.1 Å². The van der Waals surface area contributed by atoms with E-state index >= 15 is 0 Å². The molecule has 0 aliphatic carbocycles. The SMILES string of the molecule is CC(=O)Nc1nc(OCCc2ccc([N+](=O)[O-])cc2)c2ncn(C3OC4COP(=S)(Oc5ccccc5Cl)OC4C3O)c2n1. The summed E-state index contributed by atoms with van der Waals surface area (Å²) in [5.74, 6) is -0.0900. The number of aromatic nitrogens is 4. The number of carbonyl (C=O) groups is 1. The minimum absolute atomic E-state index is 0.00425. The smallest absolute Gasteiger partial charge is 0.381 e. The largest absolute Gasteiger partial charge is 0.476 e. The number of nitro groups is 1. The molecule has 4 aromatic rings. The van der Waals surface area contributed by atoms with Gasteiger partial charge < -0.3 is 19.1 Å². The number of anilines is 1. The zero-order valence-corrected chi connectivity index (χ0v) is 25.3. The number of rotatable bonds is 9. The molecule has 18 heteroatoms. The Labute approximate surface area is 259 Å². The highest BCUT2D eigenvalue weighted by Crippen LogP contribution is 2.57. The van der Waals surface area contributed by atoms with Crippen LogP contribution in [0.4, 0.5) is 11.6 Å². The Bertz CT molecular complexity index is 1780. The van der Waals surface area contributed by atoms with Gasteiger partial charge in [-0.2, -0.15) is 9.97 Å². The number of halogens is 1. The first-order valence-electron chi connectivity index (χ1n) is 13.2. The van der Waals surface area contributed by atoms with E-state index in [1.807, 2.05) is 0 Å². The fourth-order valence-electron chi connectivity index (χ4n) is 4.69. The molecule has 0 spiro atoms. The molecule has 2 aromatic carbocycles. The lowest BCUT2D eigenvalue weighted by Crippen LogP contribution is -2.39. The number of non-ortho nitro benzene ring substituents is 1. The summed E-state index contributed by atoms with van der Waals surface area (Å²) in [5.41, 5.74) is 1.25. The van der Waals surface area contributed by atoms with Crippen LogP contribution >= 0.6 is 18.3 Å². The number of nitro benzene ring substituents is 1. The lowest BCUT2D eigenvalue weighted by Gasteiger charge is -2.33. The summed E-state index contributed by atoms with van der Waals surface area (Å²) in [6.45, 7) is -1.90. The zero-order valence-electron chi connectivity index (χ0n) is 22.8. The van der Waals surface area contributed by atoms with E-state index in [4.69, 9.17) is 46.5 Å². The van der Waals surface area contributed by atoms with Crippen molar-refractivity contribution in [2.45, 2.75) is 37.9 Å². The number of aliphatic hydroxyl groups is 1. The summed E-state index contributed by atoms with van der Waals surface area (Å²) in [5, 5.41) is 25.1. The van der Waals surface area contributed by atoms with Crippen LogP contribution in [0.5, 0.6) is 11.6 Å². The first-order chi connectivity index (χ1) is 21.1. The molecule has 2 fully saturated rings. The number of amides is 1. The Kier molecular flexibility index (Phi) is 8.48. The molecule has 15 nitrogen and oxygen atoms in total. The van der Waals surface area contributed by atoms with Crippen molar-refractivity contribution in [2.75, 3.05) is 18.5 Å². The summed E-state index contributed by atoms with van der Waals surface area (Å²) in [6.07, 6.45) is -2.02. The minimum atomic E-state index is -3.34. The number of carbonyl (C=O) groups excluding carboxylic acids is 1. The topological polar surface area (TPSA) is 182 Å². The fourth-order valence-corrected chi connectivity index (χ4v) is 7.08. The van der Waals surface area contributed by atoms with Crippen molar-refractivity contribution in [3.63, 3.8) is 0 Å². The zero-order chi connectivity index (χ0) is 31.0. The van der Waals surface area contributed by atoms with E-state index in [1.54, 1.807) is 36.4 Å². The van der Waals surface area contributed by atoms with E-state index in [-0.39, 0.29) is 41.9 Å². The van der Waals surface area contributed by atoms with Crippen LogP contribution in [0.1, 0.15) is 18.7 Å². The van der Waals surface area contributed by atoms with E-state index in [0.29, 0.717) is 17.2 Å². The maximum atomic E-state index is 11.8. The number of hydrogen-bond donors (Lipinski definition) is 2. The van der Waals surface area contributed by atoms with Gasteiger partial charge in [-0.25, -0.2) is 4.98 Å². The van der Waals surface area contributed by atoms with Gasteiger partial charge in [-0.1, -0.05) is 35.9 Å². The third kappa shape index (κ3) is 6.23. The first-order valence-corrected chi connectivity index (χ1v) is 16.1. The van der Waals surface area contributed by atoms with Gasteiger partial charge in [0, 0.05) is 37.3 Å². The fraction of sp³-hybridized carbons (Fsp3) is 0.308. The second-order valence-corrected chi connectivity index (χ2v) is 13.1. The highest BCUT2D eigenvalue weighted by atomic mass is 35.5. The average Bonchev–Trinajstić information content (AvgIpc) is 3.54. The van der Waals surface area contributed by atoms with Gasteiger partial charge in [0.1, 0.15) is 24.1 Å². The third-order valence-electron chi connectivity index (χ3n) is 6.73. The Morgan fingerprint density at radius 1 is 1.27 bits per heavy atom. The quantitative estimate of drug-likeness (QED) is 0.149. The molecule has 0 bridgehead atoms. The van der Waals surface area contributed by atoms with Crippen LogP contribution in [0.3, 0.4) is 0 Å². The van der Waals surface area contributed by atoms with Gasteiger partial charge in [0.2, 0.25) is 17.7 Å². The number of nitrogens with one attached hydrogen (secondary N) is 1.